The maximum absolute atomic E-state index is 12.5. The summed E-state index contributed by atoms with van der Waals surface area (Å²) in [5, 5.41) is 3.07. The second kappa shape index (κ2) is 15.2. The third kappa shape index (κ3) is 9.25. The third-order valence-corrected chi connectivity index (χ3v) is 5.86. The molecule has 0 saturated heterocycles. The van der Waals surface area contributed by atoms with E-state index in [9.17, 15) is 9.59 Å². The smallest absolute Gasteiger partial charge is 0.222 e. The Labute approximate surface area is 194 Å². The number of unbranched alkanes of at least 4 members (excludes halogenated alkanes) is 3. The molecule has 0 radical (unpaired) electrons. The number of nitrogens with one attached hydrogen (secondary N) is 1. The van der Waals surface area contributed by atoms with E-state index in [2.05, 4.69) is 67.7 Å². The number of rotatable bonds is 15. The topological polar surface area (TPSA) is 49.4 Å². The first-order valence-electron chi connectivity index (χ1n) is 12.3. The van der Waals surface area contributed by atoms with Crippen LogP contribution in [-0.2, 0) is 9.59 Å². The van der Waals surface area contributed by atoms with Crippen molar-refractivity contribution in [2.45, 2.75) is 71.1 Å². The minimum absolute atomic E-state index is 0.0183. The van der Waals surface area contributed by atoms with Gasteiger partial charge >= 0.3 is 0 Å². The van der Waals surface area contributed by atoms with Gasteiger partial charge in [-0.2, -0.15) is 0 Å². The van der Waals surface area contributed by atoms with Crippen LogP contribution in [0.4, 0.5) is 0 Å². The van der Waals surface area contributed by atoms with Crippen molar-refractivity contribution in [1.29, 1.82) is 0 Å². The average molecular weight is 437 g/mol. The molecule has 0 atom stereocenters. The number of hydrogen-bond donors (Lipinski definition) is 1. The molecule has 0 bridgehead atoms. The summed E-state index contributed by atoms with van der Waals surface area (Å²) in [7, 11) is 0. The highest BCUT2D eigenvalue weighted by molar-refractivity contribution is 5.79. The van der Waals surface area contributed by atoms with E-state index in [1.807, 2.05) is 17.0 Å². The summed E-state index contributed by atoms with van der Waals surface area (Å²) in [4.78, 5) is 26.9. The summed E-state index contributed by atoms with van der Waals surface area (Å²) in [6, 6.07) is 20.9. The van der Waals surface area contributed by atoms with Crippen LogP contribution < -0.4 is 5.32 Å². The maximum Gasteiger partial charge on any atom is 0.222 e. The number of benzene rings is 2. The zero-order valence-electron chi connectivity index (χ0n) is 19.9. The molecule has 0 aliphatic carbocycles. The van der Waals surface area contributed by atoms with Gasteiger partial charge in [-0.3, -0.25) is 9.59 Å². The summed E-state index contributed by atoms with van der Waals surface area (Å²) >= 11 is 0. The van der Waals surface area contributed by atoms with Gasteiger partial charge in [0.1, 0.15) is 0 Å². The van der Waals surface area contributed by atoms with Crippen molar-refractivity contribution in [3.05, 3.63) is 71.8 Å². The molecule has 4 heteroatoms. The van der Waals surface area contributed by atoms with Crippen LogP contribution in [0.2, 0.25) is 0 Å². The van der Waals surface area contributed by atoms with E-state index in [-0.39, 0.29) is 17.7 Å². The molecular weight excluding hydrogens is 396 g/mol. The van der Waals surface area contributed by atoms with Crippen molar-refractivity contribution in [2.75, 3.05) is 19.6 Å². The molecule has 2 aromatic carbocycles. The minimum Gasteiger partial charge on any atom is -0.356 e. The third-order valence-electron chi connectivity index (χ3n) is 5.86. The van der Waals surface area contributed by atoms with E-state index >= 15 is 0 Å². The van der Waals surface area contributed by atoms with Crippen LogP contribution in [0, 0.1) is 0 Å². The molecular formula is C28H40N2O2. The van der Waals surface area contributed by atoms with Crippen LogP contribution >= 0.6 is 0 Å². The van der Waals surface area contributed by atoms with Crippen LogP contribution in [-0.4, -0.2) is 36.3 Å². The van der Waals surface area contributed by atoms with Crippen LogP contribution in [0.1, 0.15) is 82.3 Å². The van der Waals surface area contributed by atoms with Crippen LogP contribution in [0.25, 0.3) is 0 Å². The molecule has 2 amide bonds. The zero-order chi connectivity index (χ0) is 23.0. The van der Waals surface area contributed by atoms with Crippen molar-refractivity contribution < 1.29 is 9.59 Å². The monoisotopic (exact) mass is 436 g/mol. The fourth-order valence-electron chi connectivity index (χ4n) is 4.07. The molecule has 2 aromatic rings. The van der Waals surface area contributed by atoms with E-state index in [0.717, 1.165) is 32.2 Å². The number of carbonyl (C=O) groups is 2. The van der Waals surface area contributed by atoms with Crippen LogP contribution in [0.5, 0.6) is 0 Å². The lowest BCUT2D eigenvalue weighted by atomic mass is 9.88. The highest BCUT2D eigenvalue weighted by Crippen LogP contribution is 2.27. The van der Waals surface area contributed by atoms with Crippen LogP contribution in [0.15, 0.2) is 60.7 Å². The second-order valence-corrected chi connectivity index (χ2v) is 8.45. The Bertz CT molecular complexity index is 737. The normalized spacial score (nSPS) is 10.8. The van der Waals surface area contributed by atoms with Crippen molar-refractivity contribution in [2.24, 2.45) is 0 Å². The van der Waals surface area contributed by atoms with Gasteiger partial charge in [0, 0.05) is 38.4 Å². The maximum atomic E-state index is 12.5. The van der Waals surface area contributed by atoms with E-state index in [4.69, 9.17) is 0 Å². The Hall–Kier alpha value is -2.62. The molecule has 2 rings (SSSR count). The Morgan fingerprint density at radius 3 is 1.97 bits per heavy atom. The minimum atomic E-state index is 0.0183. The van der Waals surface area contributed by atoms with E-state index in [1.165, 1.54) is 24.0 Å². The first-order valence-corrected chi connectivity index (χ1v) is 12.3. The highest BCUT2D eigenvalue weighted by Gasteiger charge is 2.16. The van der Waals surface area contributed by atoms with Gasteiger partial charge in [0.05, 0.1) is 0 Å². The number of nitrogens with zero attached hydrogens (tertiary/aromatic N) is 1. The Morgan fingerprint density at radius 2 is 1.41 bits per heavy atom. The molecule has 0 heterocycles. The lowest BCUT2D eigenvalue weighted by molar-refractivity contribution is -0.132. The largest absolute Gasteiger partial charge is 0.356 e. The lowest BCUT2D eigenvalue weighted by Crippen LogP contribution is -2.36. The van der Waals surface area contributed by atoms with E-state index in [0.29, 0.717) is 25.9 Å². The first kappa shape index (κ1) is 25.6. The lowest BCUT2D eigenvalue weighted by Gasteiger charge is -2.22. The summed E-state index contributed by atoms with van der Waals surface area (Å²) in [6.07, 6.45) is 7.11. The van der Waals surface area contributed by atoms with Gasteiger partial charge in [-0.15, -0.1) is 0 Å². The van der Waals surface area contributed by atoms with Crippen molar-refractivity contribution >= 4 is 11.8 Å². The fourth-order valence-corrected chi connectivity index (χ4v) is 4.07. The molecule has 0 fully saturated rings. The molecule has 0 saturated carbocycles. The molecule has 32 heavy (non-hydrogen) atoms. The Morgan fingerprint density at radius 1 is 0.781 bits per heavy atom. The average Bonchev–Trinajstić information content (AvgIpc) is 2.83. The van der Waals surface area contributed by atoms with Gasteiger partial charge < -0.3 is 10.2 Å². The SMILES string of the molecule is CCCCCCC(=O)N(CCC)CCC(=O)NCCC(c1ccccc1)c1ccccc1. The summed E-state index contributed by atoms with van der Waals surface area (Å²) < 4.78 is 0. The predicted molar refractivity (Wildman–Crippen MR) is 133 cm³/mol. The van der Waals surface area contributed by atoms with Gasteiger partial charge in [0.2, 0.25) is 11.8 Å². The fraction of sp³-hybridized carbons (Fsp3) is 0.500. The molecule has 174 valence electrons. The second-order valence-electron chi connectivity index (χ2n) is 8.45. The van der Waals surface area contributed by atoms with Crippen molar-refractivity contribution in [3.8, 4) is 0 Å². The molecule has 1 N–H and O–H groups in total. The van der Waals surface area contributed by atoms with E-state index in [1.54, 1.807) is 0 Å². The summed E-state index contributed by atoms with van der Waals surface area (Å²) in [5.41, 5.74) is 2.52. The van der Waals surface area contributed by atoms with Crippen LogP contribution in [0.3, 0.4) is 0 Å². The molecule has 0 aliphatic rings. The number of amides is 2. The van der Waals surface area contributed by atoms with Gasteiger partial charge in [0.15, 0.2) is 0 Å². The van der Waals surface area contributed by atoms with E-state index < -0.39 is 0 Å². The van der Waals surface area contributed by atoms with Crippen molar-refractivity contribution in [3.63, 3.8) is 0 Å². The summed E-state index contributed by atoms with van der Waals surface area (Å²) in [5.74, 6) is 0.452. The molecule has 0 aromatic heterocycles. The first-order chi connectivity index (χ1) is 15.7. The van der Waals surface area contributed by atoms with Gasteiger partial charge in [0.25, 0.3) is 0 Å². The quantitative estimate of drug-likeness (QED) is 0.352. The number of hydrogen-bond acceptors (Lipinski definition) is 2. The highest BCUT2D eigenvalue weighted by atomic mass is 16.2. The molecule has 0 aliphatic heterocycles. The molecule has 0 unspecified atom stereocenters. The van der Waals surface area contributed by atoms with Gasteiger partial charge in [-0.1, -0.05) is 93.8 Å². The standard InChI is InChI=1S/C28H40N2O2/c1-3-5-6-13-18-28(32)30(22-4-2)23-20-27(31)29-21-19-26(24-14-9-7-10-15-24)25-16-11-8-12-17-25/h7-12,14-17,26H,3-6,13,18-23H2,1-2H3,(H,29,31). The molecule has 4 nitrogen and oxygen atoms in total. The van der Waals surface area contributed by atoms with Gasteiger partial charge in [-0.25, -0.2) is 0 Å². The zero-order valence-corrected chi connectivity index (χ0v) is 19.9. The summed E-state index contributed by atoms with van der Waals surface area (Å²) in [6.45, 7) is 6.10. The Balaban J connectivity index is 1.81. The van der Waals surface area contributed by atoms with Crippen molar-refractivity contribution in [1.82, 2.24) is 10.2 Å². The predicted octanol–water partition coefficient (Wildman–Crippen LogP) is 5.92. The molecule has 0 spiro atoms. The van der Waals surface area contributed by atoms with Gasteiger partial charge in [-0.05, 0) is 30.4 Å². The Kier molecular flexibility index (Phi) is 12.2. The number of carbonyl (C=O) groups excluding carboxylic acids is 2.